The summed E-state index contributed by atoms with van der Waals surface area (Å²) in [6.07, 6.45) is 2.64. The van der Waals surface area contributed by atoms with Gasteiger partial charge in [0.25, 0.3) is 0 Å². The summed E-state index contributed by atoms with van der Waals surface area (Å²) < 4.78 is 21.7. The monoisotopic (exact) mass is 556 g/mol. The van der Waals surface area contributed by atoms with E-state index >= 15 is 0 Å². The standard InChI is InChI=1S/C23H32N4O4.HI/c1-5-24-23(26-15-18-7-6-9-25-22(18)31-12-11-28-2)27-10-8-17-13-20(29-3)21(30-4)14-19(17)16-27;/h6-7,9,13-14H,5,8,10-12,15-16H2,1-4H3,(H,24,26);1H. The zero-order chi connectivity index (χ0) is 22.1. The first-order valence-corrected chi connectivity index (χ1v) is 10.5. The molecule has 2 heterocycles. The lowest BCUT2D eigenvalue weighted by Gasteiger charge is -2.32. The minimum atomic E-state index is 0. The Kier molecular flexibility index (Phi) is 10.8. The van der Waals surface area contributed by atoms with Gasteiger partial charge in [0, 0.05) is 38.5 Å². The fourth-order valence-corrected chi connectivity index (χ4v) is 3.55. The minimum absolute atomic E-state index is 0. The molecule has 0 saturated heterocycles. The first kappa shape index (κ1) is 26.0. The number of rotatable bonds is 9. The lowest BCUT2D eigenvalue weighted by atomic mass is 9.99. The van der Waals surface area contributed by atoms with Crippen molar-refractivity contribution in [3.63, 3.8) is 0 Å². The molecule has 1 aromatic carbocycles. The van der Waals surface area contributed by atoms with E-state index in [0.717, 1.165) is 49.1 Å². The Labute approximate surface area is 207 Å². The van der Waals surface area contributed by atoms with E-state index in [1.165, 1.54) is 11.1 Å². The van der Waals surface area contributed by atoms with Crippen LogP contribution >= 0.6 is 24.0 Å². The predicted molar refractivity (Wildman–Crippen MR) is 135 cm³/mol. The molecule has 0 bridgehead atoms. The second-order valence-electron chi connectivity index (χ2n) is 7.13. The van der Waals surface area contributed by atoms with Gasteiger partial charge in [0.15, 0.2) is 17.5 Å². The van der Waals surface area contributed by atoms with Gasteiger partial charge >= 0.3 is 0 Å². The van der Waals surface area contributed by atoms with Crippen molar-refractivity contribution in [2.24, 2.45) is 4.99 Å². The van der Waals surface area contributed by atoms with E-state index in [4.69, 9.17) is 23.9 Å². The Bertz CT molecular complexity index is 894. The number of fused-ring (bicyclic) bond motifs is 1. The lowest BCUT2D eigenvalue weighted by Crippen LogP contribution is -2.44. The molecule has 0 radical (unpaired) electrons. The normalized spacial score (nSPS) is 13.1. The Morgan fingerprint density at radius 1 is 1.12 bits per heavy atom. The molecule has 176 valence electrons. The lowest BCUT2D eigenvalue weighted by molar-refractivity contribution is 0.143. The van der Waals surface area contributed by atoms with Gasteiger partial charge in [-0.25, -0.2) is 9.98 Å². The molecule has 2 aromatic rings. The number of pyridine rings is 1. The molecule has 0 aliphatic carbocycles. The topological polar surface area (TPSA) is 77.4 Å². The van der Waals surface area contributed by atoms with E-state index < -0.39 is 0 Å². The van der Waals surface area contributed by atoms with Gasteiger partial charge in [-0.15, -0.1) is 24.0 Å². The van der Waals surface area contributed by atoms with Crippen molar-refractivity contribution < 1.29 is 18.9 Å². The number of nitrogens with one attached hydrogen (secondary N) is 1. The molecule has 0 unspecified atom stereocenters. The first-order chi connectivity index (χ1) is 15.2. The molecule has 0 atom stereocenters. The van der Waals surface area contributed by atoms with Crippen LogP contribution in [-0.4, -0.2) is 63.5 Å². The Morgan fingerprint density at radius 2 is 1.88 bits per heavy atom. The largest absolute Gasteiger partial charge is 0.493 e. The van der Waals surface area contributed by atoms with Crippen molar-refractivity contribution in [3.8, 4) is 17.4 Å². The van der Waals surface area contributed by atoms with Crippen LogP contribution in [-0.2, 0) is 24.2 Å². The second kappa shape index (κ2) is 13.3. The third-order valence-electron chi connectivity index (χ3n) is 5.13. The zero-order valence-corrected chi connectivity index (χ0v) is 21.5. The van der Waals surface area contributed by atoms with E-state index in [9.17, 15) is 0 Å². The van der Waals surface area contributed by atoms with Crippen LogP contribution in [0.5, 0.6) is 17.4 Å². The summed E-state index contributed by atoms with van der Waals surface area (Å²) in [4.78, 5) is 11.5. The third kappa shape index (κ3) is 6.61. The SMILES string of the molecule is CCNC(=NCc1cccnc1OCCOC)N1CCc2cc(OC)c(OC)cc2C1.I. The average molecular weight is 556 g/mol. The average Bonchev–Trinajstić information content (AvgIpc) is 2.81. The Hall–Kier alpha value is -2.27. The van der Waals surface area contributed by atoms with Crippen LogP contribution in [0.25, 0.3) is 0 Å². The van der Waals surface area contributed by atoms with E-state index in [-0.39, 0.29) is 24.0 Å². The van der Waals surface area contributed by atoms with Gasteiger partial charge in [0.05, 0.1) is 27.4 Å². The molecular weight excluding hydrogens is 523 g/mol. The molecule has 0 fully saturated rings. The molecule has 32 heavy (non-hydrogen) atoms. The van der Waals surface area contributed by atoms with Crippen LogP contribution in [0.1, 0.15) is 23.6 Å². The quantitative estimate of drug-likeness (QED) is 0.220. The van der Waals surface area contributed by atoms with Gasteiger partial charge in [-0.3, -0.25) is 0 Å². The number of nitrogens with zero attached hydrogens (tertiary/aromatic N) is 3. The smallest absolute Gasteiger partial charge is 0.218 e. The summed E-state index contributed by atoms with van der Waals surface area (Å²) in [7, 11) is 4.98. The number of hydrogen-bond donors (Lipinski definition) is 1. The third-order valence-corrected chi connectivity index (χ3v) is 5.13. The predicted octanol–water partition coefficient (Wildman–Crippen LogP) is 3.27. The molecule has 0 amide bonds. The van der Waals surface area contributed by atoms with Gasteiger partial charge < -0.3 is 29.2 Å². The number of benzene rings is 1. The number of guanidine groups is 1. The molecule has 1 aliphatic rings. The highest BCUT2D eigenvalue weighted by Gasteiger charge is 2.21. The molecular formula is C23H33IN4O4. The van der Waals surface area contributed by atoms with Crippen molar-refractivity contribution in [1.82, 2.24) is 15.2 Å². The highest BCUT2D eigenvalue weighted by molar-refractivity contribution is 14.0. The molecule has 8 nitrogen and oxygen atoms in total. The highest BCUT2D eigenvalue weighted by Crippen LogP contribution is 2.33. The van der Waals surface area contributed by atoms with Gasteiger partial charge in [0.1, 0.15) is 6.61 Å². The maximum absolute atomic E-state index is 5.74. The number of aliphatic imine (C=N–C) groups is 1. The van der Waals surface area contributed by atoms with Gasteiger partial charge in [-0.1, -0.05) is 6.07 Å². The van der Waals surface area contributed by atoms with Crippen molar-refractivity contribution in [2.45, 2.75) is 26.4 Å². The van der Waals surface area contributed by atoms with E-state index in [2.05, 4.69) is 34.3 Å². The maximum atomic E-state index is 5.74. The number of ether oxygens (including phenoxy) is 4. The van der Waals surface area contributed by atoms with Crippen molar-refractivity contribution >= 4 is 29.9 Å². The fraction of sp³-hybridized carbons (Fsp3) is 0.478. The number of hydrogen-bond acceptors (Lipinski definition) is 6. The summed E-state index contributed by atoms with van der Waals surface area (Å²) in [5.41, 5.74) is 3.45. The summed E-state index contributed by atoms with van der Waals surface area (Å²) >= 11 is 0. The van der Waals surface area contributed by atoms with E-state index in [0.29, 0.717) is 25.6 Å². The van der Waals surface area contributed by atoms with E-state index in [1.807, 2.05) is 12.1 Å². The summed E-state index contributed by atoms with van der Waals surface area (Å²) in [5.74, 6) is 2.99. The second-order valence-corrected chi connectivity index (χ2v) is 7.13. The van der Waals surface area contributed by atoms with Crippen molar-refractivity contribution in [2.75, 3.05) is 47.6 Å². The summed E-state index contributed by atoms with van der Waals surface area (Å²) in [5, 5.41) is 3.42. The highest BCUT2D eigenvalue weighted by atomic mass is 127. The van der Waals surface area contributed by atoms with Crippen molar-refractivity contribution in [3.05, 3.63) is 47.2 Å². The van der Waals surface area contributed by atoms with Gasteiger partial charge in [-0.05, 0) is 42.7 Å². The Morgan fingerprint density at radius 3 is 2.56 bits per heavy atom. The number of methoxy groups -OCH3 is 3. The zero-order valence-electron chi connectivity index (χ0n) is 19.2. The molecule has 0 saturated carbocycles. The summed E-state index contributed by atoms with van der Waals surface area (Å²) in [6, 6.07) is 8.03. The molecule has 9 heteroatoms. The number of halogens is 1. The molecule has 1 aromatic heterocycles. The Balaban J connectivity index is 0.00000363. The van der Waals surface area contributed by atoms with Crippen LogP contribution in [0.15, 0.2) is 35.5 Å². The molecule has 0 spiro atoms. The minimum Gasteiger partial charge on any atom is -0.493 e. The number of aromatic nitrogens is 1. The van der Waals surface area contributed by atoms with Crippen LogP contribution in [0, 0.1) is 0 Å². The molecule has 3 rings (SSSR count). The van der Waals surface area contributed by atoms with Crippen LogP contribution in [0.4, 0.5) is 0 Å². The fourth-order valence-electron chi connectivity index (χ4n) is 3.55. The van der Waals surface area contributed by atoms with Gasteiger partial charge in [0.2, 0.25) is 5.88 Å². The van der Waals surface area contributed by atoms with Crippen LogP contribution in [0.2, 0.25) is 0 Å². The van der Waals surface area contributed by atoms with E-state index in [1.54, 1.807) is 27.5 Å². The van der Waals surface area contributed by atoms with Crippen LogP contribution in [0.3, 0.4) is 0 Å². The summed E-state index contributed by atoms with van der Waals surface area (Å²) in [6.45, 7) is 5.95. The van der Waals surface area contributed by atoms with Gasteiger partial charge in [-0.2, -0.15) is 0 Å². The van der Waals surface area contributed by atoms with Crippen LogP contribution < -0.4 is 19.5 Å². The molecule has 1 N–H and O–H groups in total. The first-order valence-electron chi connectivity index (χ1n) is 10.5. The maximum Gasteiger partial charge on any atom is 0.218 e. The van der Waals surface area contributed by atoms with Crippen molar-refractivity contribution in [1.29, 1.82) is 0 Å². The molecule has 1 aliphatic heterocycles.